The summed E-state index contributed by atoms with van der Waals surface area (Å²) in [6, 6.07) is 12.1. The van der Waals surface area contributed by atoms with Crippen LogP contribution in [-0.2, 0) is 0 Å². The molecule has 0 bridgehead atoms. The van der Waals surface area contributed by atoms with E-state index in [-0.39, 0.29) is 5.75 Å². The SMILES string of the molecule is Cc1ccc(O)c(NC(=O)Nc2ccc(N(C)C)cc2)c1. The first kappa shape index (κ1) is 14.7. The minimum absolute atomic E-state index is 0.0405. The Morgan fingerprint density at radius 3 is 2.33 bits per heavy atom. The number of phenols is 1. The molecule has 0 spiro atoms. The van der Waals surface area contributed by atoms with Crippen LogP contribution >= 0.6 is 0 Å². The topological polar surface area (TPSA) is 64.6 Å². The van der Waals surface area contributed by atoms with Crippen LogP contribution in [0.4, 0.5) is 21.9 Å². The van der Waals surface area contributed by atoms with Crippen LogP contribution in [0.3, 0.4) is 0 Å². The van der Waals surface area contributed by atoms with E-state index in [9.17, 15) is 9.90 Å². The molecule has 0 heterocycles. The summed E-state index contributed by atoms with van der Waals surface area (Å²) in [5.41, 5.74) is 3.08. The highest BCUT2D eigenvalue weighted by molar-refractivity contribution is 6.00. The molecule has 0 fully saturated rings. The van der Waals surface area contributed by atoms with Gasteiger partial charge in [0.25, 0.3) is 0 Å². The second kappa shape index (κ2) is 6.17. The number of aryl methyl sites for hydroxylation is 1. The smallest absolute Gasteiger partial charge is 0.323 e. The van der Waals surface area contributed by atoms with Crippen LogP contribution in [0, 0.1) is 6.92 Å². The van der Waals surface area contributed by atoms with E-state index in [0.717, 1.165) is 11.3 Å². The van der Waals surface area contributed by atoms with Crippen LogP contribution in [-0.4, -0.2) is 25.2 Å². The van der Waals surface area contributed by atoms with E-state index in [1.165, 1.54) is 0 Å². The zero-order valence-electron chi connectivity index (χ0n) is 12.3. The molecule has 0 aromatic heterocycles. The highest BCUT2D eigenvalue weighted by Gasteiger charge is 2.07. The van der Waals surface area contributed by atoms with Crippen molar-refractivity contribution in [3.63, 3.8) is 0 Å². The molecule has 0 radical (unpaired) electrons. The van der Waals surface area contributed by atoms with Gasteiger partial charge < -0.3 is 20.6 Å². The highest BCUT2D eigenvalue weighted by atomic mass is 16.3. The van der Waals surface area contributed by atoms with Gasteiger partial charge in [-0.15, -0.1) is 0 Å². The lowest BCUT2D eigenvalue weighted by Gasteiger charge is -2.13. The molecule has 0 aliphatic carbocycles. The number of nitrogens with zero attached hydrogens (tertiary/aromatic N) is 1. The molecule has 110 valence electrons. The fourth-order valence-electron chi connectivity index (χ4n) is 1.88. The summed E-state index contributed by atoms with van der Waals surface area (Å²) in [6.45, 7) is 1.89. The maximum absolute atomic E-state index is 11.9. The first-order valence-electron chi connectivity index (χ1n) is 6.61. The Bertz CT molecular complexity index is 636. The first-order valence-corrected chi connectivity index (χ1v) is 6.61. The summed E-state index contributed by atoms with van der Waals surface area (Å²) < 4.78 is 0. The van der Waals surface area contributed by atoms with Gasteiger partial charge in [0.1, 0.15) is 5.75 Å². The van der Waals surface area contributed by atoms with Crippen molar-refractivity contribution in [3.8, 4) is 5.75 Å². The van der Waals surface area contributed by atoms with Crippen LogP contribution in [0.5, 0.6) is 5.75 Å². The van der Waals surface area contributed by atoms with E-state index in [0.29, 0.717) is 11.4 Å². The molecule has 2 rings (SSSR count). The monoisotopic (exact) mass is 285 g/mol. The average molecular weight is 285 g/mol. The van der Waals surface area contributed by atoms with Crippen LogP contribution in [0.15, 0.2) is 42.5 Å². The van der Waals surface area contributed by atoms with Gasteiger partial charge in [-0.2, -0.15) is 0 Å². The molecule has 2 aromatic carbocycles. The maximum atomic E-state index is 11.9. The zero-order chi connectivity index (χ0) is 15.4. The molecule has 2 amide bonds. The molecule has 0 saturated carbocycles. The number of phenolic OH excluding ortho intramolecular Hbond substituents is 1. The molecule has 5 nitrogen and oxygen atoms in total. The largest absolute Gasteiger partial charge is 0.506 e. The van der Waals surface area contributed by atoms with Crippen molar-refractivity contribution in [2.75, 3.05) is 29.6 Å². The van der Waals surface area contributed by atoms with Crippen LogP contribution in [0.2, 0.25) is 0 Å². The minimum Gasteiger partial charge on any atom is -0.506 e. The number of urea groups is 1. The van der Waals surface area contributed by atoms with Crippen molar-refractivity contribution in [2.45, 2.75) is 6.92 Å². The van der Waals surface area contributed by atoms with Gasteiger partial charge in [-0.25, -0.2) is 4.79 Å². The molecule has 0 saturated heterocycles. The number of hydrogen-bond donors (Lipinski definition) is 3. The van der Waals surface area contributed by atoms with E-state index in [4.69, 9.17) is 0 Å². The maximum Gasteiger partial charge on any atom is 0.323 e. The van der Waals surface area contributed by atoms with Crippen molar-refractivity contribution in [1.29, 1.82) is 0 Å². The van der Waals surface area contributed by atoms with Gasteiger partial charge in [0.15, 0.2) is 0 Å². The quantitative estimate of drug-likeness (QED) is 0.757. The average Bonchev–Trinajstić information content (AvgIpc) is 2.43. The van der Waals surface area contributed by atoms with E-state index in [1.54, 1.807) is 18.2 Å². The number of anilines is 3. The Balaban J connectivity index is 2.03. The van der Waals surface area contributed by atoms with E-state index >= 15 is 0 Å². The van der Waals surface area contributed by atoms with Crippen molar-refractivity contribution >= 4 is 23.1 Å². The molecular formula is C16H19N3O2. The third kappa shape index (κ3) is 3.89. The Morgan fingerprint density at radius 1 is 1.05 bits per heavy atom. The predicted molar refractivity (Wildman–Crippen MR) is 86.3 cm³/mol. The van der Waals surface area contributed by atoms with Crippen molar-refractivity contribution in [3.05, 3.63) is 48.0 Å². The zero-order valence-corrected chi connectivity index (χ0v) is 12.3. The summed E-state index contributed by atoms with van der Waals surface area (Å²) in [5, 5.41) is 15.0. The fraction of sp³-hybridized carbons (Fsp3) is 0.188. The standard InChI is InChI=1S/C16H19N3O2/c1-11-4-9-15(20)14(10-11)18-16(21)17-12-5-7-13(8-6-12)19(2)3/h4-10,20H,1-3H3,(H2,17,18,21). The second-order valence-corrected chi connectivity index (χ2v) is 5.04. The van der Waals surface area contributed by atoms with E-state index in [1.807, 2.05) is 50.2 Å². The van der Waals surface area contributed by atoms with Crippen molar-refractivity contribution in [2.24, 2.45) is 0 Å². The Kier molecular flexibility index (Phi) is 4.33. The Labute approximate surface area is 124 Å². The first-order chi connectivity index (χ1) is 9.95. The number of benzene rings is 2. The normalized spacial score (nSPS) is 10.0. The lowest BCUT2D eigenvalue weighted by atomic mass is 10.2. The number of amides is 2. The van der Waals surface area contributed by atoms with Crippen molar-refractivity contribution < 1.29 is 9.90 Å². The highest BCUT2D eigenvalue weighted by Crippen LogP contribution is 2.24. The molecule has 3 N–H and O–H groups in total. The third-order valence-corrected chi connectivity index (χ3v) is 3.04. The Morgan fingerprint density at radius 2 is 1.71 bits per heavy atom. The number of rotatable bonds is 3. The number of aromatic hydroxyl groups is 1. The minimum atomic E-state index is -0.395. The van der Waals surface area contributed by atoms with Crippen LogP contribution < -0.4 is 15.5 Å². The summed E-state index contributed by atoms with van der Waals surface area (Å²) in [6.07, 6.45) is 0. The van der Waals surface area contributed by atoms with Gasteiger partial charge in [0.05, 0.1) is 5.69 Å². The van der Waals surface area contributed by atoms with Gasteiger partial charge in [-0.1, -0.05) is 6.07 Å². The number of nitrogens with one attached hydrogen (secondary N) is 2. The molecule has 0 aliphatic rings. The lowest BCUT2D eigenvalue weighted by molar-refractivity contribution is 0.262. The lowest BCUT2D eigenvalue weighted by Crippen LogP contribution is -2.19. The van der Waals surface area contributed by atoms with E-state index in [2.05, 4.69) is 10.6 Å². The molecule has 5 heteroatoms. The van der Waals surface area contributed by atoms with Gasteiger partial charge in [0.2, 0.25) is 0 Å². The third-order valence-electron chi connectivity index (χ3n) is 3.04. The fourth-order valence-corrected chi connectivity index (χ4v) is 1.88. The molecule has 2 aromatic rings. The Hall–Kier alpha value is -2.69. The molecule has 21 heavy (non-hydrogen) atoms. The summed E-state index contributed by atoms with van der Waals surface area (Å²) in [4.78, 5) is 13.9. The number of hydrogen-bond acceptors (Lipinski definition) is 3. The van der Waals surface area contributed by atoms with Crippen LogP contribution in [0.25, 0.3) is 0 Å². The van der Waals surface area contributed by atoms with Crippen LogP contribution in [0.1, 0.15) is 5.56 Å². The molecule has 0 aliphatic heterocycles. The number of carbonyl (C=O) groups excluding carboxylic acids is 1. The molecule has 0 atom stereocenters. The van der Waals surface area contributed by atoms with Gasteiger partial charge in [-0.05, 0) is 48.9 Å². The summed E-state index contributed by atoms with van der Waals surface area (Å²) >= 11 is 0. The number of carbonyl (C=O) groups is 1. The van der Waals surface area contributed by atoms with Gasteiger partial charge >= 0.3 is 6.03 Å². The van der Waals surface area contributed by atoms with Gasteiger partial charge in [0, 0.05) is 25.5 Å². The molecule has 0 unspecified atom stereocenters. The predicted octanol–water partition coefficient (Wildman–Crippen LogP) is 3.41. The van der Waals surface area contributed by atoms with Crippen molar-refractivity contribution in [1.82, 2.24) is 0 Å². The van der Waals surface area contributed by atoms with E-state index < -0.39 is 6.03 Å². The van der Waals surface area contributed by atoms with Gasteiger partial charge in [-0.3, -0.25) is 0 Å². The summed E-state index contributed by atoms with van der Waals surface area (Å²) in [7, 11) is 3.91. The molecular weight excluding hydrogens is 266 g/mol. The summed E-state index contributed by atoms with van der Waals surface area (Å²) in [5.74, 6) is 0.0405. The second-order valence-electron chi connectivity index (χ2n) is 5.04.